The summed E-state index contributed by atoms with van der Waals surface area (Å²) in [5, 5.41) is 8.99. The zero-order valence-electron chi connectivity index (χ0n) is 10.5. The molecule has 0 aromatic heterocycles. The normalized spacial score (nSPS) is 12.7. The van der Waals surface area contributed by atoms with Crippen LogP contribution in [0.2, 0.25) is 5.02 Å². The second-order valence-electron chi connectivity index (χ2n) is 4.28. The Hall–Kier alpha value is -1.13. The third-order valence-corrected chi connectivity index (χ3v) is 3.25. The molecule has 5 heteroatoms. The molecule has 1 aromatic rings. The lowest BCUT2D eigenvalue weighted by atomic mass is 10.1. The number of carboxylic acids is 1. The standard InChI is InChI=1S/C13H17ClFNO2/c1-3-16(7-9(2)13(17)18)8-10-5-4-6-11(15)12(10)14/h4-6,9H,3,7-8H2,1-2H3,(H,17,18). The molecule has 0 aliphatic carbocycles. The average Bonchev–Trinajstić information content (AvgIpc) is 2.33. The van der Waals surface area contributed by atoms with E-state index in [2.05, 4.69) is 0 Å². The maximum Gasteiger partial charge on any atom is 0.307 e. The molecule has 0 saturated heterocycles. The van der Waals surface area contributed by atoms with Gasteiger partial charge in [0.05, 0.1) is 10.9 Å². The molecule has 0 saturated carbocycles. The number of nitrogens with zero attached hydrogens (tertiary/aromatic N) is 1. The first-order valence-electron chi connectivity index (χ1n) is 5.83. The molecule has 0 heterocycles. The Labute approximate surface area is 111 Å². The van der Waals surface area contributed by atoms with Crippen molar-refractivity contribution in [2.45, 2.75) is 20.4 Å². The molecule has 1 aromatic carbocycles. The lowest BCUT2D eigenvalue weighted by molar-refractivity contribution is -0.141. The Balaban J connectivity index is 2.74. The van der Waals surface area contributed by atoms with E-state index in [1.807, 2.05) is 11.8 Å². The Bertz CT molecular complexity index is 425. The van der Waals surface area contributed by atoms with Crippen LogP contribution < -0.4 is 0 Å². The summed E-state index contributed by atoms with van der Waals surface area (Å²) in [6.07, 6.45) is 0. The predicted molar refractivity (Wildman–Crippen MR) is 69.2 cm³/mol. The highest BCUT2D eigenvalue weighted by molar-refractivity contribution is 6.31. The number of hydrogen-bond acceptors (Lipinski definition) is 2. The SMILES string of the molecule is CCN(Cc1cccc(F)c1Cl)CC(C)C(=O)O. The van der Waals surface area contributed by atoms with E-state index in [4.69, 9.17) is 16.7 Å². The molecular weight excluding hydrogens is 257 g/mol. The van der Waals surface area contributed by atoms with E-state index in [-0.39, 0.29) is 5.02 Å². The number of rotatable bonds is 6. The fourth-order valence-electron chi connectivity index (χ4n) is 1.68. The fourth-order valence-corrected chi connectivity index (χ4v) is 1.87. The summed E-state index contributed by atoms with van der Waals surface area (Å²) >= 11 is 5.88. The van der Waals surface area contributed by atoms with Crippen LogP contribution in [0.1, 0.15) is 19.4 Å². The summed E-state index contributed by atoms with van der Waals surface area (Å²) in [6, 6.07) is 4.66. The summed E-state index contributed by atoms with van der Waals surface area (Å²) in [5.41, 5.74) is 0.677. The number of hydrogen-bond donors (Lipinski definition) is 1. The minimum absolute atomic E-state index is 0.110. The summed E-state index contributed by atoms with van der Waals surface area (Å²) in [7, 11) is 0. The van der Waals surface area contributed by atoms with Gasteiger partial charge in [0, 0.05) is 13.1 Å². The smallest absolute Gasteiger partial charge is 0.307 e. The topological polar surface area (TPSA) is 40.5 Å². The molecule has 3 nitrogen and oxygen atoms in total. The molecule has 0 aliphatic heterocycles. The molecular formula is C13H17ClFNO2. The van der Waals surface area contributed by atoms with E-state index < -0.39 is 17.7 Å². The minimum Gasteiger partial charge on any atom is -0.481 e. The second kappa shape index (κ2) is 6.71. The highest BCUT2D eigenvalue weighted by atomic mass is 35.5. The molecule has 1 rings (SSSR count). The van der Waals surface area contributed by atoms with Gasteiger partial charge in [0.1, 0.15) is 5.82 Å². The van der Waals surface area contributed by atoms with Crippen molar-refractivity contribution in [2.75, 3.05) is 13.1 Å². The van der Waals surface area contributed by atoms with Crippen molar-refractivity contribution >= 4 is 17.6 Å². The van der Waals surface area contributed by atoms with Gasteiger partial charge in [0.25, 0.3) is 0 Å². The van der Waals surface area contributed by atoms with Crippen molar-refractivity contribution in [3.05, 3.63) is 34.6 Å². The van der Waals surface area contributed by atoms with Gasteiger partial charge in [0.15, 0.2) is 0 Å². The molecule has 18 heavy (non-hydrogen) atoms. The molecule has 0 fully saturated rings. The molecule has 1 atom stereocenters. The summed E-state index contributed by atoms with van der Waals surface area (Å²) in [4.78, 5) is 12.7. The molecule has 1 unspecified atom stereocenters. The lowest BCUT2D eigenvalue weighted by Crippen LogP contribution is -2.31. The number of carbonyl (C=O) groups is 1. The lowest BCUT2D eigenvalue weighted by Gasteiger charge is -2.23. The molecule has 0 aliphatic rings. The van der Waals surface area contributed by atoms with Crippen LogP contribution in [-0.2, 0) is 11.3 Å². The van der Waals surface area contributed by atoms with Crippen molar-refractivity contribution in [1.29, 1.82) is 0 Å². The van der Waals surface area contributed by atoms with Gasteiger partial charge in [-0.05, 0) is 18.2 Å². The number of halogens is 2. The largest absolute Gasteiger partial charge is 0.481 e. The van der Waals surface area contributed by atoms with Gasteiger partial charge in [-0.15, -0.1) is 0 Å². The third kappa shape index (κ3) is 3.96. The highest BCUT2D eigenvalue weighted by Gasteiger charge is 2.16. The van der Waals surface area contributed by atoms with Gasteiger partial charge in [-0.1, -0.05) is 37.6 Å². The Morgan fingerprint density at radius 2 is 2.22 bits per heavy atom. The van der Waals surface area contributed by atoms with Crippen LogP contribution in [0.3, 0.4) is 0 Å². The maximum absolute atomic E-state index is 13.3. The molecule has 100 valence electrons. The van der Waals surface area contributed by atoms with Gasteiger partial charge in [-0.2, -0.15) is 0 Å². The zero-order valence-corrected chi connectivity index (χ0v) is 11.2. The Kier molecular flexibility index (Phi) is 5.56. The number of carboxylic acid groups (broad SMARTS) is 1. The Morgan fingerprint density at radius 3 is 2.78 bits per heavy atom. The molecule has 0 bridgehead atoms. The van der Waals surface area contributed by atoms with Gasteiger partial charge >= 0.3 is 5.97 Å². The zero-order chi connectivity index (χ0) is 13.7. The highest BCUT2D eigenvalue weighted by Crippen LogP contribution is 2.21. The Morgan fingerprint density at radius 1 is 1.56 bits per heavy atom. The first kappa shape index (κ1) is 14.9. The molecule has 0 spiro atoms. The van der Waals surface area contributed by atoms with E-state index in [0.29, 0.717) is 25.2 Å². The van der Waals surface area contributed by atoms with Crippen LogP contribution >= 0.6 is 11.6 Å². The average molecular weight is 274 g/mol. The van der Waals surface area contributed by atoms with Crippen molar-refractivity contribution in [3.8, 4) is 0 Å². The van der Waals surface area contributed by atoms with Crippen molar-refractivity contribution in [1.82, 2.24) is 4.90 Å². The first-order valence-corrected chi connectivity index (χ1v) is 6.21. The van der Waals surface area contributed by atoms with E-state index in [9.17, 15) is 9.18 Å². The number of benzene rings is 1. The van der Waals surface area contributed by atoms with Crippen LogP contribution in [0.5, 0.6) is 0 Å². The monoisotopic (exact) mass is 273 g/mol. The third-order valence-electron chi connectivity index (χ3n) is 2.83. The van der Waals surface area contributed by atoms with Crippen LogP contribution in [0.15, 0.2) is 18.2 Å². The van der Waals surface area contributed by atoms with E-state index in [0.717, 1.165) is 0 Å². The first-order chi connectivity index (χ1) is 8.45. The quantitative estimate of drug-likeness (QED) is 0.866. The van der Waals surface area contributed by atoms with Gasteiger partial charge < -0.3 is 5.11 Å². The van der Waals surface area contributed by atoms with Crippen LogP contribution in [0, 0.1) is 11.7 Å². The molecule has 1 N–H and O–H groups in total. The molecule has 0 radical (unpaired) electrons. The van der Waals surface area contributed by atoms with Crippen LogP contribution in [-0.4, -0.2) is 29.1 Å². The van der Waals surface area contributed by atoms with Gasteiger partial charge in [-0.3, -0.25) is 9.69 Å². The van der Waals surface area contributed by atoms with Crippen molar-refractivity contribution < 1.29 is 14.3 Å². The molecule has 0 amide bonds. The van der Waals surface area contributed by atoms with Crippen LogP contribution in [0.4, 0.5) is 4.39 Å². The minimum atomic E-state index is -0.834. The van der Waals surface area contributed by atoms with Crippen molar-refractivity contribution in [3.63, 3.8) is 0 Å². The van der Waals surface area contributed by atoms with E-state index in [1.54, 1.807) is 19.1 Å². The predicted octanol–water partition coefficient (Wildman–Crippen LogP) is 3.02. The second-order valence-corrected chi connectivity index (χ2v) is 4.66. The number of aliphatic carboxylic acids is 1. The summed E-state index contributed by atoms with van der Waals surface area (Å²) in [6.45, 7) is 5.13. The van der Waals surface area contributed by atoms with Gasteiger partial charge in [0.2, 0.25) is 0 Å². The van der Waals surface area contributed by atoms with Gasteiger partial charge in [-0.25, -0.2) is 4.39 Å². The fraction of sp³-hybridized carbons (Fsp3) is 0.462. The summed E-state index contributed by atoms with van der Waals surface area (Å²) in [5.74, 6) is -1.74. The van der Waals surface area contributed by atoms with Crippen molar-refractivity contribution in [2.24, 2.45) is 5.92 Å². The van der Waals surface area contributed by atoms with E-state index in [1.165, 1.54) is 6.07 Å². The summed E-state index contributed by atoms with van der Waals surface area (Å²) < 4.78 is 13.3. The van der Waals surface area contributed by atoms with Crippen LogP contribution in [0.25, 0.3) is 0 Å². The maximum atomic E-state index is 13.3. The van der Waals surface area contributed by atoms with E-state index >= 15 is 0 Å².